The topological polar surface area (TPSA) is 130 Å². The highest BCUT2D eigenvalue weighted by molar-refractivity contribution is 8.00. The minimum atomic E-state index is -0.542. The third-order valence-electron chi connectivity index (χ3n) is 6.23. The number of hydrogen-bond donors (Lipinski definition) is 4. The van der Waals surface area contributed by atoms with Gasteiger partial charge in [-0.1, -0.05) is 48.5 Å². The van der Waals surface area contributed by atoms with Gasteiger partial charge in [0.05, 0.1) is 5.25 Å². The molecular formula is C33H30N4O4S. The first kappa shape index (κ1) is 29.8. The number of amides is 4. The Morgan fingerprint density at radius 1 is 0.762 bits per heavy atom. The fourth-order valence-corrected chi connectivity index (χ4v) is 4.84. The van der Waals surface area contributed by atoms with Gasteiger partial charge in [0.1, 0.15) is 5.70 Å². The number of carbonyl (C=O) groups excluding carboxylic acids is 4. The van der Waals surface area contributed by atoms with Crippen LogP contribution in [0.15, 0.2) is 114 Å². The van der Waals surface area contributed by atoms with Gasteiger partial charge in [0.25, 0.3) is 11.8 Å². The Kier molecular flexibility index (Phi) is 9.91. The standard InChI is InChI=1S/C33H30N4O4S/c1-21-9-6-7-12-25(21)19-29(37-32(40)24-10-4-3-5-11-24)33(41)36-27-13-8-14-28(20-27)42-22(2)31(39)35-26-17-15-23(16-18-26)30(34)38/h3-20,22H,1-2H3,(H2,34,38)(H,35,39)(H,36,41)(H,37,40)/b29-19-. The summed E-state index contributed by atoms with van der Waals surface area (Å²) in [6.07, 6.45) is 1.65. The minimum Gasteiger partial charge on any atom is -0.366 e. The highest BCUT2D eigenvalue weighted by Gasteiger charge is 2.18. The number of aryl methyl sites for hydroxylation is 1. The van der Waals surface area contributed by atoms with E-state index in [0.29, 0.717) is 22.5 Å². The highest BCUT2D eigenvalue weighted by atomic mass is 32.2. The highest BCUT2D eigenvalue weighted by Crippen LogP contribution is 2.27. The zero-order valence-electron chi connectivity index (χ0n) is 23.1. The van der Waals surface area contributed by atoms with Crippen LogP contribution in [0, 0.1) is 6.92 Å². The monoisotopic (exact) mass is 578 g/mol. The van der Waals surface area contributed by atoms with Gasteiger partial charge in [-0.3, -0.25) is 19.2 Å². The Labute approximate surface area is 248 Å². The van der Waals surface area contributed by atoms with Gasteiger partial charge >= 0.3 is 0 Å². The molecule has 4 rings (SSSR count). The molecule has 4 amide bonds. The molecule has 0 fully saturated rings. The Morgan fingerprint density at radius 3 is 2.14 bits per heavy atom. The summed E-state index contributed by atoms with van der Waals surface area (Å²) in [4.78, 5) is 51.1. The molecule has 0 aliphatic rings. The number of thioether (sulfide) groups is 1. The average Bonchev–Trinajstić information content (AvgIpc) is 2.98. The molecule has 9 heteroatoms. The van der Waals surface area contributed by atoms with Gasteiger partial charge in [-0.15, -0.1) is 11.8 Å². The van der Waals surface area contributed by atoms with Crippen molar-refractivity contribution in [1.29, 1.82) is 0 Å². The van der Waals surface area contributed by atoms with Crippen molar-refractivity contribution in [2.75, 3.05) is 10.6 Å². The molecule has 1 unspecified atom stereocenters. The summed E-state index contributed by atoms with van der Waals surface area (Å²) in [6.45, 7) is 3.69. The largest absolute Gasteiger partial charge is 0.366 e. The second-order valence-corrected chi connectivity index (χ2v) is 10.8. The first-order valence-electron chi connectivity index (χ1n) is 13.1. The van der Waals surface area contributed by atoms with Crippen molar-refractivity contribution >= 4 is 52.8 Å². The van der Waals surface area contributed by atoms with Crippen molar-refractivity contribution in [3.05, 3.63) is 131 Å². The number of hydrogen-bond acceptors (Lipinski definition) is 5. The first-order chi connectivity index (χ1) is 20.2. The van der Waals surface area contributed by atoms with Gasteiger partial charge < -0.3 is 21.7 Å². The van der Waals surface area contributed by atoms with Crippen LogP contribution < -0.4 is 21.7 Å². The lowest BCUT2D eigenvalue weighted by molar-refractivity contribution is -0.115. The number of nitrogens with two attached hydrogens (primary N) is 1. The predicted molar refractivity (Wildman–Crippen MR) is 167 cm³/mol. The lowest BCUT2D eigenvalue weighted by Gasteiger charge is -2.14. The maximum absolute atomic E-state index is 13.4. The van der Waals surface area contributed by atoms with Crippen LogP contribution in [0.2, 0.25) is 0 Å². The SMILES string of the molecule is Cc1ccccc1/C=C(\NC(=O)c1ccccc1)C(=O)Nc1cccc(SC(C)C(=O)Nc2ccc(C(N)=O)cc2)c1. The van der Waals surface area contributed by atoms with Crippen LogP contribution in [0.3, 0.4) is 0 Å². The summed E-state index contributed by atoms with van der Waals surface area (Å²) in [5.74, 6) is -1.66. The molecule has 4 aromatic rings. The molecule has 8 nitrogen and oxygen atoms in total. The average molecular weight is 579 g/mol. The van der Waals surface area contributed by atoms with Crippen LogP contribution in [-0.4, -0.2) is 28.9 Å². The van der Waals surface area contributed by atoms with Crippen molar-refractivity contribution in [2.45, 2.75) is 24.0 Å². The normalized spacial score (nSPS) is 11.7. The molecule has 0 radical (unpaired) electrons. The second-order valence-electron chi connectivity index (χ2n) is 9.41. The van der Waals surface area contributed by atoms with Crippen LogP contribution in [-0.2, 0) is 9.59 Å². The molecule has 4 aromatic carbocycles. The van der Waals surface area contributed by atoms with E-state index in [4.69, 9.17) is 5.73 Å². The third-order valence-corrected chi connectivity index (χ3v) is 7.32. The molecular weight excluding hydrogens is 548 g/mol. The van der Waals surface area contributed by atoms with Crippen LogP contribution in [0.25, 0.3) is 6.08 Å². The second kappa shape index (κ2) is 14.0. The van der Waals surface area contributed by atoms with Gasteiger partial charge in [0.15, 0.2) is 0 Å². The molecule has 0 aromatic heterocycles. The first-order valence-corrected chi connectivity index (χ1v) is 14.0. The fourth-order valence-electron chi connectivity index (χ4n) is 3.91. The lowest BCUT2D eigenvalue weighted by Crippen LogP contribution is -2.30. The zero-order valence-corrected chi connectivity index (χ0v) is 23.9. The van der Waals surface area contributed by atoms with Crippen molar-refractivity contribution in [3.63, 3.8) is 0 Å². The summed E-state index contributed by atoms with van der Waals surface area (Å²) in [7, 11) is 0. The molecule has 0 heterocycles. The Morgan fingerprint density at radius 2 is 1.45 bits per heavy atom. The van der Waals surface area contributed by atoms with E-state index in [1.165, 1.54) is 11.8 Å². The molecule has 0 aliphatic carbocycles. The molecule has 0 aliphatic heterocycles. The van der Waals surface area contributed by atoms with E-state index in [-0.39, 0.29) is 11.6 Å². The number of anilines is 2. The molecule has 42 heavy (non-hydrogen) atoms. The van der Waals surface area contributed by atoms with Crippen molar-refractivity contribution in [2.24, 2.45) is 5.73 Å². The Bertz CT molecular complexity index is 1640. The van der Waals surface area contributed by atoms with Crippen LogP contribution in [0.5, 0.6) is 0 Å². The number of rotatable bonds is 10. The molecule has 0 bridgehead atoms. The number of primary amides is 1. The summed E-state index contributed by atoms with van der Waals surface area (Å²) in [5, 5.41) is 7.97. The number of benzene rings is 4. The van der Waals surface area contributed by atoms with E-state index < -0.39 is 23.0 Å². The smallest absolute Gasteiger partial charge is 0.272 e. The maximum Gasteiger partial charge on any atom is 0.272 e. The van der Waals surface area contributed by atoms with Gasteiger partial charge in [0, 0.05) is 27.4 Å². The number of nitrogens with one attached hydrogen (secondary N) is 3. The molecule has 5 N–H and O–H groups in total. The van der Waals surface area contributed by atoms with Gasteiger partial charge in [-0.25, -0.2) is 0 Å². The third kappa shape index (κ3) is 8.18. The Balaban J connectivity index is 1.46. The van der Waals surface area contributed by atoms with Gasteiger partial charge in [-0.05, 0) is 85.6 Å². The lowest BCUT2D eigenvalue weighted by atomic mass is 10.1. The minimum absolute atomic E-state index is 0.0892. The zero-order chi connectivity index (χ0) is 30.1. The molecule has 212 valence electrons. The van der Waals surface area contributed by atoms with Gasteiger partial charge in [0.2, 0.25) is 11.8 Å². The molecule has 1 atom stereocenters. The van der Waals surface area contributed by atoms with E-state index in [1.807, 2.05) is 43.3 Å². The summed E-state index contributed by atoms with van der Waals surface area (Å²) in [6, 6.07) is 29.7. The van der Waals surface area contributed by atoms with Crippen LogP contribution in [0.4, 0.5) is 11.4 Å². The summed E-state index contributed by atoms with van der Waals surface area (Å²) in [5.41, 5.74) is 8.93. The summed E-state index contributed by atoms with van der Waals surface area (Å²) >= 11 is 1.32. The molecule has 0 saturated heterocycles. The van der Waals surface area contributed by atoms with Crippen molar-refractivity contribution in [3.8, 4) is 0 Å². The van der Waals surface area contributed by atoms with Crippen LogP contribution >= 0.6 is 11.8 Å². The predicted octanol–water partition coefficient (Wildman–Crippen LogP) is 5.62. The van der Waals surface area contributed by atoms with Crippen LogP contribution in [0.1, 0.15) is 38.8 Å². The van der Waals surface area contributed by atoms with E-state index in [1.54, 1.807) is 79.7 Å². The van der Waals surface area contributed by atoms with E-state index in [0.717, 1.165) is 16.0 Å². The maximum atomic E-state index is 13.4. The van der Waals surface area contributed by atoms with E-state index in [9.17, 15) is 19.2 Å². The fraction of sp³-hybridized carbons (Fsp3) is 0.0909. The van der Waals surface area contributed by atoms with Crippen molar-refractivity contribution < 1.29 is 19.2 Å². The van der Waals surface area contributed by atoms with E-state index in [2.05, 4.69) is 16.0 Å². The molecule has 0 spiro atoms. The van der Waals surface area contributed by atoms with Gasteiger partial charge in [-0.2, -0.15) is 0 Å². The quantitative estimate of drug-likeness (QED) is 0.143. The summed E-state index contributed by atoms with van der Waals surface area (Å²) < 4.78 is 0. The van der Waals surface area contributed by atoms with Crippen molar-refractivity contribution in [1.82, 2.24) is 5.32 Å². The Hall–Kier alpha value is -5.15. The van der Waals surface area contributed by atoms with E-state index >= 15 is 0 Å². The molecule has 0 saturated carbocycles. The number of carbonyl (C=O) groups is 4.